The Balaban J connectivity index is 1.80. The topological polar surface area (TPSA) is 77.1 Å². The summed E-state index contributed by atoms with van der Waals surface area (Å²) in [6, 6.07) is 12.2. The maximum atomic E-state index is 12.8. The van der Waals surface area contributed by atoms with E-state index in [-0.39, 0.29) is 16.7 Å². The molecule has 2 aromatic carbocycles. The zero-order chi connectivity index (χ0) is 19.4. The lowest BCUT2D eigenvalue weighted by atomic mass is 10.2. The Morgan fingerprint density at radius 1 is 1.11 bits per heavy atom. The molecule has 0 saturated carbocycles. The zero-order valence-corrected chi connectivity index (χ0v) is 16.5. The lowest BCUT2D eigenvalue weighted by Gasteiger charge is -2.35. The Morgan fingerprint density at radius 3 is 2.48 bits per heavy atom. The number of benzene rings is 2. The van der Waals surface area contributed by atoms with Crippen LogP contribution in [-0.2, 0) is 14.8 Å². The number of anilines is 2. The van der Waals surface area contributed by atoms with Gasteiger partial charge in [0, 0.05) is 30.0 Å². The first-order valence-corrected chi connectivity index (χ1v) is 10.1. The van der Waals surface area contributed by atoms with Gasteiger partial charge in [-0.25, -0.2) is 8.42 Å². The molecule has 1 aliphatic heterocycles. The number of rotatable bonds is 6. The molecule has 0 aromatic heterocycles. The number of sulfonamides is 1. The first kappa shape index (κ1) is 19.3. The minimum absolute atomic E-state index is 0.0525. The van der Waals surface area contributed by atoms with Crippen molar-refractivity contribution < 1.29 is 22.6 Å². The van der Waals surface area contributed by atoms with Crippen molar-refractivity contribution in [1.82, 2.24) is 0 Å². The number of nitrogens with one attached hydrogen (secondary N) is 1. The summed E-state index contributed by atoms with van der Waals surface area (Å²) < 4.78 is 43.9. The third-order valence-electron chi connectivity index (χ3n) is 4.48. The highest BCUT2D eigenvalue weighted by Crippen LogP contribution is 2.30. The predicted molar refractivity (Wildman–Crippen MR) is 104 cm³/mol. The van der Waals surface area contributed by atoms with Gasteiger partial charge in [-0.15, -0.1) is 0 Å². The van der Waals surface area contributed by atoms with Gasteiger partial charge in [-0.3, -0.25) is 4.72 Å². The first-order valence-electron chi connectivity index (χ1n) is 8.64. The van der Waals surface area contributed by atoms with Crippen molar-refractivity contribution in [3.63, 3.8) is 0 Å². The third-order valence-corrected chi connectivity index (χ3v) is 5.90. The molecule has 1 saturated heterocycles. The minimum Gasteiger partial charge on any atom is -0.497 e. The summed E-state index contributed by atoms with van der Waals surface area (Å²) >= 11 is 0. The number of morpholine rings is 1. The van der Waals surface area contributed by atoms with E-state index in [1.165, 1.54) is 26.4 Å². The molecular formula is C19H24N2O5S. The summed E-state index contributed by atoms with van der Waals surface area (Å²) in [7, 11) is -0.859. The van der Waals surface area contributed by atoms with E-state index in [2.05, 4.69) is 16.5 Å². The quantitative estimate of drug-likeness (QED) is 0.815. The molecule has 1 fully saturated rings. The molecule has 2 aromatic rings. The van der Waals surface area contributed by atoms with Crippen LogP contribution in [0.4, 0.5) is 11.4 Å². The molecule has 27 heavy (non-hydrogen) atoms. The summed E-state index contributed by atoms with van der Waals surface area (Å²) in [5.41, 5.74) is 1.52. The van der Waals surface area contributed by atoms with Gasteiger partial charge in [0.05, 0.1) is 27.4 Å². The molecule has 146 valence electrons. The monoisotopic (exact) mass is 392 g/mol. The van der Waals surface area contributed by atoms with E-state index in [9.17, 15) is 8.42 Å². The fourth-order valence-electron chi connectivity index (χ4n) is 3.04. The van der Waals surface area contributed by atoms with E-state index < -0.39 is 10.0 Å². The number of ether oxygens (including phenoxy) is 3. The summed E-state index contributed by atoms with van der Waals surface area (Å²) in [6.07, 6.45) is 0. The standard InChI is InChI=1S/C19H24N2O5S/c1-14-13-26-11-10-21(14)16-6-4-15(5-7-16)20-27(22,23)19-9-8-17(24-2)12-18(19)25-3/h4-9,12,14,20H,10-11,13H2,1-3H3. The van der Waals surface area contributed by atoms with E-state index in [1.54, 1.807) is 18.2 Å². The zero-order valence-electron chi connectivity index (χ0n) is 15.6. The highest BCUT2D eigenvalue weighted by Gasteiger charge is 2.22. The number of nitrogens with zero attached hydrogens (tertiary/aromatic N) is 1. The molecule has 1 unspecified atom stereocenters. The van der Waals surface area contributed by atoms with Gasteiger partial charge < -0.3 is 19.1 Å². The summed E-state index contributed by atoms with van der Waals surface area (Å²) in [5, 5.41) is 0. The molecule has 3 rings (SSSR count). The van der Waals surface area contributed by atoms with Gasteiger partial charge in [0.2, 0.25) is 0 Å². The molecule has 0 aliphatic carbocycles. The second-order valence-electron chi connectivity index (χ2n) is 6.29. The Bertz CT molecular complexity index is 883. The molecule has 8 heteroatoms. The highest BCUT2D eigenvalue weighted by molar-refractivity contribution is 7.92. The normalized spacial score (nSPS) is 17.4. The van der Waals surface area contributed by atoms with Gasteiger partial charge in [0.1, 0.15) is 16.4 Å². The molecule has 1 heterocycles. The minimum atomic E-state index is -3.79. The van der Waals surface area contributed by atoms with Crippen molar-refractivity contribution in [2.24, 2.45) is 0 Å². The van der Waals surface area contributed by atoms with Gasteiger partial charge in [0.25, 0.3) is 10.0 Å². The molecule has 0 bridgehead atoms. The number of hydrogen-bond donors (Lipinski definition) is 1. The number of methoxy groups -OCH3 is 2. The van der Waals surface area contributed by atoms with Crippen LogP contribution in [0.1, 0.15) is 6.92 Å². The lowest BCUT2D eigenvalue weighted by molar-refractivity contribution is 0.0989. The van der Waals surface area contributed by atoms with Crippen molar-refractivity contribution in [2.45, 2.75) is 17.9 Å². The van der Waals surface area contributed by atoms with Gasteiger partial charge in [-0.2, -0.15) is 0 Å². The second-order valence-corrected chi connectivity index (χ2v) is 7.94. The molecule has 1 N–H and O–H groups in total. The van der Waals surface area contributed by atoms with Crippen molar-refractivity contribution in [2.75, 3.05) is 43.6 Å². The van der Waals surface area contributed by atoms with Gasteiger partial charge in [0.15, 0.2) is 0 Å². The average molecular weight is 392 g/mol. The van der Waals surface area contributed by atoms with Crippen LogP contribution in [0.15, 0.2) is 47.4 Å². The predicted octanol–water partition coefficient (Wildman–Crippen LogP) is 2.73. The fraction of sp³-hybridized carbons (Fsp3) is 0.368. The smallest absolute Gasteiger partial charge is 0.265 e. The first-order chi connectivity index (χ1) is 12.9. The van der Waals surface area contributed by atoms with Crippen LogP contribution in [0, 0.1) is 0 Å². The molecule has 1 aliphatic rings. The van der Waals surface area contributed by atoms with Gasteiger partial charge in [-0.1, -0.05) is 0 Å². The molecular weight excluding hydrogens is 368 g/mol. The van der Waals surface area contributed by atoms with Gasteiger partial charge in [-0.05, 0) is 43.3 Å². The maximum Gasteiger partial charge on any atom is 0.265 e. The summed E-state index contributed by atoms with van der Waals surface area (Å²) in [5.74, 6) is 0.746. The van der Waals surface area contributed by atoms with Crippen LogP contribution in [-0.4, -0.2) is 48.4 Å². The van der Waals surface area contributed by atoms with Crippen molar-refractivity contribution in [3.8, 4) is 11.5 Å². The summed E-state index contributed by atoms with van der Waals surface area (Å²) in [6.45, 7) is 4.29. The highest BCUT2D eigenvalue weighted by atomic mass is 32.2. The van der Waals surface area contributed by atoms with E-state index in [0.717, 1.165) is 12.2 Å². The van der Waals surface area contributed by atoms with Crippen molar-refractivity contribution >= 4 is 21.4 Å². The lowest BCUT2D eigenvalue weighted by Crippen LogP contribution is -2.43. The molecule has 0 spiro atoms. The Hall–Kier alpha value is -2.45. The number of hydrogen-bond acceptors (Lipinski definition) is 6. The van der Waals surface area contributed by atoms with Gasteiger partial charge >= 0.3 is 0 Å². The van der Waals surface area contributed by atoms with Crippen LogP contribution in [0.3, 0.4) is 0 Å². The Morgan fingerprint density at radius 2 is 1.85 bits per heavy atom. The molecule has 0 amide bonds. The van der Waals surface area contributed by atoms with E-state index in [0.29, 0.717) is 24.7 Å². The van der Waals surface area contributed by atoms with Crippen LogP contribution >= 0.6 is 0 Å². The summed E-state index contributed by atoms with van der Waals surface area (Å²) in [4.78, 5) is 2.30. The van der Waals surface area contributed by atoms with Crippen molar-refractivity contribution in [1.29, 1.82) is 0 Å². The van der Waals surface area contributed by atoms with Crippen LogP contribution < -0.4 is 19.1 Å². The molecule has 0 radical (unpaired) electrons. The van der Waals surface area contributed by atoms with Crippen LogP contribution in [0.5, 0.6) is 11.5 Å². The maximum absolute atomic E-state index is 12.8. The SMILES string of the molecule is COc1ccc(S(=O)(=O)Nc2ccc(N3CCOCC3C)cc2)c(OC)c1. The van der Waals surface area contributed by atoms with Crippen molar-refractivity contribution in [3.05, 3.63) is 42.5 Å². The largest absolute Gasteiger partial charge is 0.497 e. The molecule has 1 atom stereocenters. The fourth-order valence-corrected chi connectivity index (χ4v) is 4.25. The second kappa shape index (κ2) is 8.06. The average Bonchev–Trinajstić information content (AvgIpc) is 2.68. The van der Waals surface area contributed by atoms with Crippen LogP contribution in [0.25, 0.3) is 0 Å². The van der Waals surface area contributed by atoms with E-state index in [1.807, 2.05) is 12.1 Å². The van der Waals surface area contributed by atoms with Crippen LogP contribution in [0.2, 0.25) is 0 Å². The van der Waals surface area contributed by atoms with E-state index in [4.69, 9.17) is 14.2 Å². The Labute approximate surface area is 159 Å². The third kappa shape index (κ3) is 4.28. The Kier molecular flexibility index (Phi) is 5.76. The van der Waals surface area contributed by atoms with E-state index >= 15 is 0 Å². The molecule has 7 nitrogen and oxygen atoms in total.